The van der Waals surface area contributed by atoms with Crippen molar-refractivity contribution in [1.82, 2.24) is 0 Å². The van der Waals surface area contributed by atoms with Gasteiger partial charge in [0.25, 0.3) is 0 Å². The summed E-state index contributed by atoms with van der Waals surface area (Å²) < 4.78 is 11.2. The predicted molar refractivity (Wildman–Crippen MR) is 177 cm³/mol. The van der Waals surface area contributed by atoms with E-state index in [-0.39, 0.29) is 35.0 Å². The van der Waals surface area contributed by atoms with Gasteiger partial charge in [0.1, 0.15) is 12.2 Å². The number of rotatable bonds is 16. The van der Waals surface area contributed by atoms with Gasteiger partial charge in [0.2, 0.25) is 0 Å². The third kappa shape index (κ3) is 14.5. The van der Waals surface area contributed by atoms with Crippen LogP contribution in [-0.4, -0.2) is 94.1 Å². The molecule has 0 amide bonds. The van der Waals surface area contributed by atoms with Crippen molar-refractivity contribution < 1.29 is 63.7 Å². The number of hydrogen-bond donors (Lipinski definition) is 4. The average molecular weight is 701 g/mol. The molecule has 2 heterocycles. The highest BCUT2D eigenvalue weighted by atomic mass is 16.6. The van der Waals surface area contributed by atoms with Crippen molar-refractivity contribution in [2.45, 2.75) is 185 Å². The lowest BCUT2D eigenvalue weighted by Crippen LogP contribution is -3.24. The van der Waals surface area contributed by atoms with E-state index >= 15 is 0 Å². The highest BCUT2D eigenvalue weighted by molar-refractivity contribution is 5.89. The maximum atomic E-state index is 12.7. The van der Waals surface area contributed by atoms with Gasteiger partial charge in [0.15, 0.2) is 5.60 Å². The zero-order chi connectivity index (χ0) is 38.0. The summed E-state index contributed by atoms with van der Waals surface area (Å²) in [5.41, 5.74) is -3.15. The van der Waals surface area contributed by atoms with Gasteiger partial charge in [-0.25, -0.2) is 4.79 Å². The van der Waals surface area contributed by atoms with Crippen LogP contribution < -0.4 is 20.0 Å². The van der Waals surface area contributed by atoms with Gasteiger partial charge in [-0.05, 0) is 81.1 Å². The van der Waals surface area contributed by atoms with Crippen LogP contribution >= 0.6 is 0 Å². The molecule has 0 atom stereocenters. The summed E-state index contributed by atoms with van der Waals surface area (Å²) in [5.74, 6) is -5.30. The monoisotopic (exact) mass is 700 g/mol. The Kier molecular flexibility index (Phi) is 16.2. The van der Waals surface area contributed by atoms with Crippen LogP contribution in [-0.2, 0) is 33.4 Å². The van der Waals surface area contributed by atoms with Crippen molar-refractivity contribution in [3.05, 3.63) is 0 Å². The van der Waals surface area contributed by atoms with Gasteiger partial charge < -0.3 is 49.3 Å². The molecule has 2 saturated heterocycles. The minimum atomic E-state index is -2.59. The smallest absolute Gasteiger partial charge is 0.336 e. The number of unbranched alkanes of at least 4 members (excludes halogenated alkanes) is 5. The first kappa shape index (κ1) is 44.3. The molecule has 13 heteroatoms. The third-order valence-corrected chi connectivity index (χ3v) is 10.9. The zero-order valence-corrected chi connectivity index (χ0v) is 31.6. The second-order valence-corrected chi connectivity index (χ2v) is 16.9. The Morgan fingerprint density at radius 2 is 0.878 bits per heavy atom. The lowest BCUT2D eigenvalue weighted by molar-refractivity contribution is -0.983. The van der Waals surface area contributed by atoms with Crippen molar-refractivity contribution in [3.63, 3.8) is 0 Å². The molecule has 0 bridgehead atoms. The van der Waals surface area contributed by atoms with Crippen LogP contribution in [0.1, 0.15) is 145 Å². The number of nitrogens with one attached hydrogen (secondary N) is 2. The normalized spacial score (nSPS) is 26.2. The molecule has 0 aromatic heterocycles. The largest absolute Gasteiger partial charge is 0.550 e. The number of ether oxygens (including phenoxy) is 2. The first-order valence-electron chi connectivity index (χ1n) is 17.7. The number of carbonyl (C=O) groups excluding carboxylic acids is 4. The summed E-state index contributed by atoms with van der Waals surface area (Å²) in [6.07, 6.45) is 5.27. The summed E-state index contributed by atoms with van der Waals surface area (Å²) in [6, 6.07) is 0. The van der Waals surface area contributed by atoms with E-state index in [2.05, 4.69) is 69.5 Å². The molecule has 0 saturated carbocycles. The van der Waals surface area contributed by atoms with Crippen LogP contribution in [0.25, 0.3) is 0 Å². The SMILES string of the molecule is C[NH+]1C(C)(C)CC(OC(=O)CC(O)(CC(=O)OC2CC(C)(C)[NH+](C)C(C)(C)C2)C(=O)O)CC1(C)C.O=C([O-])CCCCCCCCC(=O)[O-]. The highest BCUT2D eigenvalue weighted by Crippen LogP contribution is 2.29. The topological polar surface area (TPSA) is 199 Å². The molecule has 0 unspecified atom stereocenters. The summed E-state index contributed by atoms with van der Waals surface area (Å²) in [6.45, 7) is 16.8. The molecule has 2 fully saturated rings. The van der Waals surface area contributed by atoms with Crippen LogP contribution in [0.5, 0.6) is 0 Å². The number of aliphatic carboxylic acids is 3. The van der Waals surface area contributed by atoms with E-state index in [0.717, 1.165) is 25.7 Å². The molecular weight excluding hydrogens is 636 g/mol. The van der Waals surface area contributed by atoms with Crippen molar-refractivity contribution in [2.24, 2.45) is 0 Å². The van der Waals surface area contributed by atoms with Crippen molar-refractivity contribution in [1.29, 1.82) is 0 Å². The number of piperidine rings is 2. The highest BCUT2D eigenvalue weighted by Gasteiger charge is 2.51. The molecule has 0 aromatic rings. The number of carboxylic acid groups (broad SMARTS) is 3. The second kappa shape index (κ2) is 17.9. The van der Waals surface area contributed by atoms with Crippen LogP contribution in [0.4, 0.5) is 0 Å². The van der Waals surface area contributed by atoms with Gasteiger partial charge in [0, 0.05) is 37.6 Å². The Morgan fingerprint density at radius 3 is 1.12 bits per heavy atom. The summed E-state index contributed by atoms with van der Waals surface area (Å²) in [4.78, 5) is 60.0. The number of hydrogen-bond acceptors (Lipinski definition) is 10. The fraction of sp³-hybridized carbons (Fsp3) is 0.861. The van der Waals surface area contributed by atoms with Gasteiger partial charge in [-0.1, -0.05) is 25.7 Å². The van der Waals surface area contributed by atoms with E-state index in [4.69, 9.17) is 9.47 Å². The summed E-state index contributed by atoms with van der Waals surface area (Å²) in [5, 5.41) is 40.5. The Labute approximate surface area is 292 Å². The number of likely N-dealkylation sites (tertiary alicyclic amines) is 2. The second-order valence-electron chi connectivity index (χ2n) is 16.9. The van der Waals surface area contributed by atoms with Crippen LogP contribution in [0.3, 0.4) is 0 Å². The fourth-order valence-corrected chi connectivity index (χ4v) is 7.42. The first-order chi connectivity index (χ1) is 22.2. The number of carbonyl (C=O) groups is 5. The van der Waals surface area contributed by atoms with Crippen LogP contribution in [0.15, 0.2) is 0 Å². The standard InChI is InChI=1S/C26H46N2O7.C10H18O4/c1-22(2)11-17(12-23(3,4)27(22)9)34-19(29)15-26(33,21(31)32)16-20(30)35-18-13-24(5,6)28(10)25(7,8)14-18;11-9(12)7-5-3-1-2-4-6-8-10(13)14/h17-18,33H,11-16H2,1-10H3,(H,31,32);1-8H2,(H,11,12)(H,13,14). The van der Waals surface area contributed by atoms with Crippen molar-refractivity contribution in [3.8, 4) is 0 Å². The molecule has 49 heavy (non-hydrogen) atoms. The van der Waals surface area contributed by atoms with Gasteiger partial charge >= 0.3 is 17.9 Å². The molecule has 0 aliphatic carbocycles. The van der Waals surface area contributed by atoms with E-state index in [9.17, 15) is 44.4 Å². The van der Waals surface area contributed by atoms with Crippen molar-refractivity contribution >= 4 is 29.8 Å². The quantitative estimate of drug-likeness (QED) is 0.122. The molecule has 2 aliphatic heterocycles. The number of quaternary nitrogens is 2. The number of carboxylic acids is 3. The van der Waals surface area contributed by atoms with Crippen molar-refractivity contribution in [2.75, 3.05) is 14.1 Å². The zero-order valence-electron chi connectivity index (χ0n) is 31.6. The van der Waals surface area contributed by atoms with Gasteiger partial charge in [0.05, 0.1) is 49.1 Å². The van der Waals surface area contributed by atoms with E-state index in [0.29, 0.717) is 38.5 Å². The summed E-state index contributed by atoms with van der Waals surface area (Å²) in [7, 11) is 4.22. The minimum Gasteiger partial charge on any atom is -0.550 e. The fourth-order valence-electron chi connectivity index (χ4n) is 7.42. The molecule has 2 aliphatic rings. The minimum absolute atomic E-state index is 0.124. The molecule has 0 spiro atoms. The van der Waals surface area contributed by atoms with E-state index in [1.165, 1.54) is 9.80 Å². The van der Waals surface area contributed by atoms with E-state index in [1.807, 2.05) is 0 Å². The molecular formula is C36H64N2O11. The van der Waals surface area contributed by atoms with Gasteiger partial charge in [-0.3, -0.25) is 9.59 Å². The molecule has 2 rings (SSSR count). The Balaban J connectivity index is 0.000000721. The molecule has 0 aromatic carbocycles. The molecule has 13 nitrogen and oxygen atoms in total. The Hall–Kier alpha value is -2.77. The van der Waals surface area contributed by atoms with Gasteiger partial charge in [-0.2, -0.15) is 0 Å². The maximum Gasteiger partial charge on any atom is 0.336 e. The molecule has 284 valence electrons. The first-order valence-corrected chi connectivity index (χ1v) is 17.7. The van der Waals surface area contributed by atoms with E-state index in [1.54, 1.807) is 0 Å². The predicted octanol–water partition coefficient (Wildman–Crippen LogP) is -0.256. The lowest BCUT2D eigenvalue weighted by atomic mass is 9.78. The van der Waals surface area contributed by atoms with Crippen LogP contribution in [0, 0.1) is 0 Å². The maximum absolute atomic E-state index is 12.7. The number of esters is 2. The Bertz CT molecular complexity index is 1030. The lowest BCUT2D eigenvalue weighted by Gasteiger charge is -2.49. The number of aliphatic hydroxyl groups is 1. The third-order valence-electron chi connectivity index (χ3n) is 10.9. The van der Waals surface area contributed by atoms with Crippen LogP contribution in [0.2, 0.25) is 0 Å². The summed E-state index contributed by atoms with van der Waals surface area (Å²) >= 11 is 0. The van der Waals surface area contributed by atoms with Gasteiger partial charge in [-0.15, -0.1) is 0 Å². The molecule has 0 radical (unpaired) electrons. The average Bonchev–Trinajstić information content (AvgIpc) is 2.90. The van der Waals surface area contributed by atoms with E-state index < -0.39 is 60.5 Å². The molecule has 4 N–H and O–H groups in total. The Morgan fingerprint density at radius 1 is 0.612 bits per heavy atom.